The Morgan fingerprint density at radius 2 is 2.04 bits per heavy atom. The van der Waals surface area contributed by atoms with Crippen LogP contribution < -0.4 is 27.2 Å². The summed E-state index contributed by atoms with van der Waals surface area (Å²) in [5, 5.41) is 3.17. The lowest BCUT2D eigenvalue weighted by molar-refractivity contribution is -0.114. The van der Waals surface area contributed by atoms with Crippen molar-refractivity contribution in [1.82, 2.24) is 9.55 Å². The number of nitrogen functional groups attached to an aromatic ring is 1. The zero-order chi connectivity index (χ0) is 20.1. The highest BCUT2D eigenvalue weighted by atomic mass is 35.5. The molecule has 0 saturated heterocycles. The van der Waals surface area contributed by atoms with Gasteiger partial charge in [-0.25, -0.2) is 4.79 Å². The smallest absolute Gasteiger partial charge is 0.330 e. The number of nitrogens with one attached hydrogen (secondary N) is 2. The number of aromatic nitrogens is 2. The summed E-state index contributed by atoms with van der Waals surface area (Å²) in [5.41, 5.74) is 5.22. The molecule has 146 valence electrons. The van der Waals surface area contributed by atoms with Gasteiger partial charge in [-0.2, -0.15) is 0 Å². The number of rotatable bonds is 7. The summed E-state index contributed by atoms with van der Waals surface area (Å²) in [5.74, 6) is -0.403. The van der Waals surface area contributed by atoms with E-state index in [1.165, 1.54) is 16.5 Å². The Hall–Kier alpha value is -2.45. The zero-order valence-corrected chi connectivity index (χ0v) is 16.5. The molecule has 10 heteroatoms. The van der Waals surface area contributed by atoms with Crippen molar-refractivity contribution >= 4 is 46.3 Å². The first-order chi connectivity index (χ1) is 12.8. The van der Waals surface area contributed by atoms with Gasteiger partial charge in [0.15, 0.2) is 0 Å². The second-order valence-corrected chi connectivity index (χ2v) is 6.79. The number of nitrogens with zero attached hydrogens (tertiary/aromatic N) is 2. The van der Waals surface area contributed by atoms with Gasteiger partial charge in [0.25, 0.3) is 5.56 Å². The van der Waals surface area contributed by atoms with Crippen LogP contribution in [0, 0.1) is 0 Å². The topological polar surface area (TPSA) is 113 Å². The average molecular weight is 414 g/mol. The number of hydrogen-bond acceptors (Lipinski definition) is 5. The number of carbonyl (C=O) groups excluding carboxylic acids is 1. The van der Waals surface area contributed by atoms with E-state index in [-0.39, 0.29) is 23.1 Å². The van der Waals surface area contributed by atoms with Crippen LogP contribution in [-0.2, 0) is 11.3 Å². The van der Waals surface area contributed by atoms with E-state index in [0.717, 1.165) is 12.8 Å². The fraction of sp³-hybridized carbons (Fsp3) is 0.353. The largest absolute Gasteiger partial charge is 0.383 e. The predicted octanol–water partition coefficient (Wildman–Crippen LogP) is 2.30. The molecule has 2 rings (SSSR count). The first-order valence-electron chi connectivity index (χ1n) is 8.33. The maximum absolute atomic E-state index is 12.3. The second kappa shape index (κ2) is 8.96. The molecule has 0 spiro atoms. The van der Waals surface area contributed by atoms with Gasteiger partial charge in [-0.1, -0.05) is 42.6 Å². The maximum atomic E-state index is 12.3. The van der Waals surface area contributed by atoms with Crippen molar-refractivity contribution in [3.63, 3.8) is 0 Å². The highest BCUT2D eigenvalue weighted by molar-refractivity contribution is 6.44. The van der Waals surface area contributed by atoms with Crippen molar-refractivity contribution in [3.05, 3.63) is 49.1 Å². The Morgan fingerprint density at radius 1 is 1.33 bits per heavy atom. The van der Waals surface area contributed by atoms with Crippen LogP contribution in [0.4, 0.5) is 17.2 Å². The van der Waals surface area contributed by atoms with Gasteiger partial charge in [0, 0.05) is 13.6 Å². The van der Waals surface area contributed by atoms with Crippen LogP contribution in [0.5, 0.6) is 0 Å². The molecule has 4 N–H and O–H groups in total. The summed E-state index contributed by atoms with van der Waals surface area (Å²) in [7, 11) is 1.54. The number of nitrogens with two attached hydrogens (primary N) is 1. The van der Waals surface area contributed by atoms with Gasteiger partial charge >= 0.3 is 5.69 Å². The molecular weight excluding hydrogens is 393 g/mol. The molecule has 1 aromatic heterocycles. The Morgan fingerprint density at radius 3 is 2.70 bits per heavy atom. The van der Waals surface area contributed by atoms with Crippen molar-refractivity contribution in [1.29, 1.82) is 0 Å². The van der Waals surface area contributed by atoms with Gasteiger partial charge in [0.1, 0.15) is 11.5 Å². The standard InChI is InChI=1S/C17H21Cl2N5O3/c1-3-4-8-24-15(20)14(16(26)22-17(24)27)23(2)9-12(25)21-11-7-5-6-10(18)13(11)19/h5-7H,3-4,8-9,20H2,1-2H3,(H,21,25)(H,22,26,27). The van der Waals surface area contributed by atoms with Gasteiger partial charge in [-0.15, -0.1) is 0 Å². The SMILES string of the molecule is CCCCn1c(N)c(N(C)CC(=O)Nc2cccc(Cl)c2Cl)c(=O)[nH]c1=O. The van der Waals surface area contributed by atoms with Gasteiger partial charge in [-0.05, 0) is 18.6 Å². The number of amides is 1. The van der Waals surface area contributed by atoms with Gasteiger partial charge in [0.05, 0.1) is 22.3 Å². The quantitative estimate of drug-likeness (QED) is 0.644. The van der Waals surface area contributed by atoms with Crippen LogP contribution in [0.3, 0.4) is 0 Å². The molecule has 0 bridgehead atoms. The molecule has 0 unspecified atom stereocenters. The van der Waals surface area contributed by atoms with Crippen LogP contribution >= 0.6 is 23.2 Å². The predicted molar refractivity (Wildman–Crippen MR) is 109 cm³/mol. The lowest BCUT2D eigenvalue weighted by Crippen LogP contribution is -2.39. The van der Waals surface area contributed by atoms with Crippen molar-refractivity contribution in [3.8, 4) is 0 Å². The van der Waals surface area contributed by atoms with Crippen molar-refractivity contribution < 1.29 is 4.79 Å². The molecule has 1 heterocycles. The molecule has 0 atom stereocenters. The van der Waals surface area contributed by atoms with Gasteiger partial charge in [-0.3, -0.25) is 19.1 Å². The van der Waals surface area contributed by atoms with E-state index >= 15 is 0 Å². The number of benzene rings is 1. The maximum Gasteiger partial charge on any atom is 0.330 e. The zero-order valence-electron chi connectivity index (χ0n) is 15.0. The minimum Gasteiger partial charge on any atom is -0.383 e. The summed E-state index contributed by atoms with van der Waals surface area (Å²) < 4.78 is 1.29. The summed E-state index contributed by atoms with van der Waals surface area (Å²) in [6, 6.07) is 4.86. The highest BCUT2D eigenvalue weighted by Crippen LogP contribution is 2.29. The second-order valence-electron chi connectivity index (χ2n) is 6.00. The van der Waals surface area contributed by atoms with Crippen LogP contribution in [-0.4, -0.2) is 29.1 Å². The number of carbonyl (C=O) groups is 1. The third kappa shape index (κ3) is 4.84. The van der Waals surface area contributed by atoms with E-state index in [2.05, 4.69) is 10.3 Å². The Balaban J connectivity index is 2.23. The van der Waals surface area contributed by atoms with Crippen LogP contribution in [0.2, 0.25) is 10.0 Å². The third-order valence-electron chi connectivity index (χ3n) is 3.94. The molecule has 0 radical (unpaired) electrons. The first-order valence-corrected chi connectivity index (χ1v) is 9.09. The Kier molecular flexibility index (Phi) is 6.92. The number of H-pyrrole nitrogens is 1. The molecule has 1 amide bonds. The van der Waals surface area contributed by atoms with Crippen LogP contribution in [0.15, 0.2) is 27.8 Å². The van der Waals surface area contributed by atoms with E-state index in [9.17, 15) is 14.4 Å². The molecule has 0 aliphatic heterocycles. The number of likely N-dealkylation sites (N-methyl/N-ethyl adjacent to an activating group) is 1. The number of aromatic amines is 1. The minimum absolute atomic E-state index is 0.0216. The fourth-order valence-electron chi connectivity index (χ4n) is 2.57. The Bertz CT molecular complexity index is 955. The number of halogens is 2. The lowest BCUT2D eigenvalue weighted by Gasteiger charge is -2.21. The number of hydrogen-bond donors (Lipinski definition) is 3. The minimum atomic E-state index is -0.652. The Labute approximate surface area is 165 Å². The number of anilines is 3. The van der Waals surface area contributed by atoms with Crippen molar-refractivity contribution in [2.75, 3.05) is 29.5 Å². The fourth-order valence-corrected chi connectivity index (χ4v) is 2.92. The molecule has 8 nitrogen and oxygen atoms in total. The summed E-state index contributed by atoms with van der Waals surface area (Å²) in [6.45, 7) is 2.18. The van der Waals surface area contributed by atoms with Gasteiger partial charge in [0.2, 0.25) is 5.91 Å². The highest BCUT2D eigenvalue weighted by Gasteiger charge is 2.18. The van der Waals surface area contributed by atoms with Crippen LogP contribution in [0.25, 0.3) is 0 Å². The summed E-state index contributed by atoms with van der Waals surface area (Å²) in [4.78, 5) is 40.1. The lowest BCUT2D eigenvalue weighted by atomic mass is 10.3. The summed E-state index contributed by atoms with van der Waals surface area (Å²) in [6.07, 6.45) is 1.59. The molecule has 0 fully saturated rings. The molecule has 0 aliphatic carbocycles. The molecule has 0 aliphatic rings. The normalized spacial score (nSPS) is 10.7. The van der Waals surface area contributed by atoms with E-state index in [1.54, 1.807) is 18.2 Å². The molecule has 27 heavy (non-hydrogen) atoms. The molecule has 0 saturated carbocycles. The van der Waals surface area contributed by atoms with Gasteiger partial charge < -0.3 is 16.0 Å². The number of unbranched alkanes of at least 4 members (excludes halogenated alkanes) is 1. The third-order valence-corrected chi connectivity index (χ3v) is 4.76. The van der Waals surface area contributed by atoms with Crippen LogP contribution in [0.1, 0.15) is 19.8 Å². The monoisotopic (exact) mass is 413 g/mol. The summed E-state index contributed by atoms with van der Waals surface area (Å²) >= 11 is 12.0. The molecular formula is C17H21Cl2N5O3. The van der Waals surface area contributed by atoms with Crippen molar-refractivity contribution in [2.45, 2.75) is 26.3 Å². The first kappa shape index (κ1) is 20.9. The molecule has 1 aromatic carbocycles. The van der Waals surface area contributed by atoms with E-state index in [4.69, 9.17) is 28.9 Å². The van der Waals surface area contributed by atoms with Crippen molar-refractivity contribution in [2.24, 2.45) is 0 Å². The van der Waals surface area contributed by atoms with E-state index in [1.807, 2.05) is 6.92 Å². The van der Waals surface area contributed by atoms with E-state index < -0.39 is 17.2 Å². The molecule has 2 aromatic rings. The average Bonchev–Trinajstić information content (AvgIpc) is 2.58. The van der Waals surface area contributed by atoms with E-state index in [0.29, 0.717) is 17.3 Å².